The second-order valence-corrected chi connectivity index (χ2v) is 8.98. The molecule has 0 spiro atoms. The van der Waals surface area contributed by atoms with Crippen LogP contribution in [0.15, 0.2) is 47.4 Å². The van der Waals surface area contributed by atoms with E-state index in [0.717, 1.165) is 5.56 Å². The van der Waals surface area contributed by atoms with Crippen molar-refractivity contribution in [2.45, 2.75) is 38.7 Å². The normalized spacial score (nSPS) is 12.5. The number of anilines is 1. The molecule has 0 heterocycles. The summed E-state index contributed by atoms with van der Waals surface area (Å²) >= 11 is 6.09. The molecule has 0 aromatic heterocycles. The van der Waals surface area contributed by atoms with Crippen LogP contribution in [0.2, 0.25) is 5.02 Å². The average molecular weight is 453 g/mol. The highest BCUT2D eigenvalue weighted by atomic mass is 35.5. The van der Waals surface area contributed by atoms with Crippen LogP contribution in [0.4, 0.5) is 5.69 Å². The minimum atomic E-state index is -3.78. The number of hydrogen-bond acceptors (Lipinski definition) is 5. The standard InChI is InChI=1S/C21H25ClN2O5S/c1-5-24(6-2)30(27,28)17-10-11-19(22)18(13-17)21(26)29-15(4)20(25)23-16-9-7-8-14(3)12-16/h7-13,15H,5-6H2,1-4H3,(H,23,25). The van der Waals surface area contributed by atoms with Gasteiger partial charge in [-0.25, -0.2) is 13.2 Å². The molecule has 7 nitrogen and oxygen atoms in total. The first-order valence-electron chi connectivity index (χ1n) is 9.48. The maximum Gasteiger partial charge on any atom is 0.340 e. The molecule has 1 amide bonds. The number of carbonyl (C=O) groups excluding carboxylic acids is 2. The van der Waals surface area contributed by atoms with E-state index >= 15 is 0 Å². The Hall–Kier alpha value is -2.42. The third kappa shape index (κ3) is 5.59. The smallest absolute Gasteiger partial charge is 0.340 e. The zero-order chi connectivity index (χ0) is 22.5. The summed E-state index contributed by atoms with van der Waals surface area (Å²) in [5.74, 6) is -1.40. The maximum atomic E-state index is 12.7. The van der Waals surface area contributed by atoms with Crippen LogP contribution < -0.4 is 5.32 Å². The Morgan fingerprint density at radius 2 is 1.80 bits per heavy atom. The Labute approximate surface area is 182 Å². The van der Waals surface area contributed by atoms with E-state index in [1.54, 1.807) is 32.0 Å². The van der Waals surface area contributed by atoms with E-state index in [2.05, 4.69) is 5.32 Å². The Morgan fingerprint density at radius 1 is 1.13 bits per heavy atom. The van der Waals surface area contributed by atoms with Crippen molar-refractivity contribution in [3.05, 3.63) is 58.6 Å². The predicted octanol–water partition coefficient (Wildman–Crippen LogP) is 3.86. The minimum Gasteiger partial charge on any atom is -0.449 e. The molecular weight excluding hydrogens is 428 g/mol. The fourth-order valence-corrected chi connectivity index (χ4v) is 4.46. The van der Waals surface area contributed by atoms with Crippen LogP contribution in [0.25, 0.3) is 0 Å². The molecule has 0 fully saturated rings. The molecule has 0 aliphatic heterocycles. The molecule has 0 saturated carbocycles. The second kappa shape index (κ2) is 10.1. The van der Waals surface area contributed by atoms with E-state index in [9.17, 15) is 18.0 Å². The summed E-state index contributed by atoms with van der Waals surface area (Å²) in [6, 6.07) is 11.0. The lowest BCUT2D eigenvalue weighted by molar-refractivity contribution is -0.123. The number of benzene rings is 2. The molecule has 9 heteroatoms. The van der Waals surface area contributed by atoms with Gasteiger partial charge in [0.15, 0.2) is 6.10 Å². The summed E-state index contributed by atoms with van der Waals surface area (Å²) in [7, 11) is -3.78. The van der Waals surface area contributed by atoms with E-state index < -0.39 is 28.0 Å². The van der Waals surface area contributed by atoms with Crippen molar-refractivity contribution in [1.82, 2.24) is 4.31 Å². The Morgan fingerprint density at radius 3 is 2.40 bits per heavy atom. The number of sulfonamides is 1. The van der Waals surface area contributed by atoms with Gasteiger partial charge in [0.1, 0.15) is 0 Å². The molecule has 0 aliphatic rings. The van der Waals surface area contributed by atoms with Crippen LogP contribution in [-0.2, 0) is 19.6 Å². The Kier molecular flexibility index (Phi) is 8.00. The number of nitrogens with zero attached hydrogens (tertiary/aromatic N) is 1. The molecular formula is C21H25ClN2O5S. The van der Waals surface area contributed by atoms with Crippen molar-refractivity contribution in [1.29, 1.82) is 0 Å². The lowest BCUT2D eigenvalue weighted by Gasteiger charge is -2.19. The summed E-state index contributed by atoms with van der Waals surface area (Å²) in [6.07, 6.45) is -1.11. The molecule has 2 aromatic carbocycles. The van der Waals surface area contributed by atoms with Gasteiger partial charge in [-0.1, -0.05) is 37.6 Å². The van der Waals surface area contributed by atoms with Crippen LogP contribution in [0, 0.1) is 6.92 Å². The quantitative estimate of drug-likeness (QED) is 0.614. The summed E-state index contributed by atoms with van der Waals surface area (Å²) in [5, 5.41) is 2.70. The minimum absolute atomic E-state index is 0.0322. The summed E-state index contributed by atoms with van der Waals surface area (Å²) in [5.41, 5.74) is 1.42. The van der Waals surface area contributed by atoms with E-state index in [-0.39, 0.29) is 28.6 Å². The maximum absolute atomic E-state index is 12.7. The van der Waals surface area contributed by atoms with E-state index in [4.69, 9.17) is 16.3 Å². The van der Waals surface area contributed by atoms with E-state index in [1.165, 1.54) is 29.4 Å². The van der Waals surface area contributed by atoms with Crippen molar-refractivity contribution in [3.8, 4) is 0 Å². The van der Waals surface area contributed by atoms with Gasteiger partial charge in [0.2, 0.25) is 10.0 Å². The van der Waals surface area contributed by atoms with E-state index in [0.29, 0.717) is 5.69 Å². The molecule has 30 heavy (non-hydrogen) atoms. The van der Waals surface area contributed by atoms with Gasteiger partial charge in [0.25, 0.3) is 5.91 Å². The van der Waals surface area contributed by atoms with Gasteiger partial charge in [0.05, 0.1) is 15.5 Å². The fourth-order valence-electron chi connectivity index (χ4n) is 2.78. The number of carbonyl (C=O) groups is 2. The van der Waals surface area contributed by atoms with Gasteiger partial charge in [-0.15, -0.1) is 0 Å². The van der Waals surface area contributed by atoms with Crippen LogP contribution in [-0.4, -0.2) is 43.8 Å². The van der Waals surface area contributed by atoms with Crippen molar-refractivity contribution in [3.63, 3.8) is 0 Å². The second-order valence-electron chi connectivity index (χ2n) is 6.64. The van der Waals surface area contributed by atoms with Crippen molar-refractivity contribution >= 4 is 39.2 Å². The molecule has 1 atom stereocenters. The van der Waals surface area contributed by atoms with Gasteiger partial charge in [0, 0.05) is 18.8 Å². The molecule has 2 rings (SSSR count). The highest BCUT2D eigenvalue weighted by Crippen LogP contribution is 2.24. The number of amides is 1. The number of nitrogens with one attached hydrogen (secondary N) is 1. The van der Waals surface area contributed by atoms with Crippen molar-refractivity contribution < 1.29 is 22.7 Å². The SMILES string of the molecule is CCN(CC)S(=O)(=O)c1ccc(Cl)c(C(=O)OC(C)C(=O)Nc2cccc(C)c2)c1. The average Bonchev–Trinajstić information content (AvgIpc) is 2.68. The van der Waals surface area contributed by atoms with Gasteiger partial charge >= 0.3 is 5.97 Å². The lowest BCUT2D eigenvalue weighted by Crippen LogP contribution is -2.31. The van der Waals surface area contributed by atoms with Crippen molar-refractivity contribution in [2.24, 2.45) is 0 Å². The molecule has 0 saturated heterocycles. The largest absolute Gasteiger partial charge is 0.449 e. The first-order chi connectivity index (χ1) is 14.1. The number of halogens is 1. The topological polar surface area (TPSA) is 92.8 Å². The predicted molar refractivity (Wildman–Crippen MR) is 116 cm³/mol. The van der Waals surface area contributed by atoms with Crippen LogP contribution in [0.3, 0.4) is 0 Å². The number of ether oxygens (including phenoxy) is 1. The number of rotatable bonds is 8. The number of esters is 1. The van der Waals surface area contributed by atoms with Gasteiger partial charge in [-0.2, -0.15) is 4.31 Å². The van der Waals surface area contributed by atoms with Crippen LogP contribution in [0.1, 0.15) is 36.7 Å². The summed E-state index contributed by atoms with van der Waals surface area (Å²) < 4.78 is 31.9. The molecule has 162 valence electrons. The zero-order valence-corrected chi connectivity index (χ0v) is 18.9. The molecule has 1 N–H and O–H groups in total. The molecule has 0 radical (unpaired) electrons. The molecule has 0 bridgehead atoms. The molecule has 0 aliphatic carbocycles. The van der Waals surface area contributed by atoms with Crippen molar-refractivity contribution in [2.75, 3.05) is 18.4 Å². The lowest BCUT2D eigenvalue weighted by atomic mass is 10.2. The summed E-state index contributed by atoms with van der Waals surface area (Å²) in [6.45, 7) is 7.34. The van der Waals surface area contributed by atoms with Gasteiger partial charge < -0.3 is 10.1 Å². The Bertz CT molecular complexity index is 1040. The third-order valence-electron chi connectivity index (χ3n) is 4.44. The summed E-state index contributed by atoms with van der Waals surface area (Å²) in [4.78, 5) is 24.9. The van der Waals surface area contributed by atoms with Crippen LogP contribution in [0.5, 0.6) is 0 Å². The monoisotopic (exact) mass is 452 g/mol. The number of hydrogen-bond donors (Lipinski definition) is 1. The number of aryl methyl sites for hydroxylation is 1. The highest BCUT2D eigenvalue weighted by Gasteiger charge is 2.26. The third-order valence-corrected chi connectivity index (χ3v) is 6.82. The molecule has 2 aromatic rings. The first-order valence-corrected chi connectivity index (χ1v) is 11.3. The van der Waals surface area contributed by atoms with Gasteiger partial charge in [-0.05, 0) is 49.7 Å². The van der Waals surface area contributed by atoms with E-state index in [1.807, 2.05) is 13.0 Å². The molecule has 1 unspecified atom stereocenters. The first kappa shape index (κ1) is 23.9. The highest BCUT2D eigenvalue weighted by molar-refractivity contribution is 7.89. The van der Waals surface area contributed by atoms with Crippen LogP contribution >= 0.6 is 11.6 Å². The fraction of sp³-hybridized carbons (Fsp3) is 0.333. The zero-order valence-electron chi connectivity index (χ0n) is 17.3. The Balaban J connectivity index is 2.19. The van der Waals surface area contributed by atoms with Gasteiger partial charge in [-0.3, -0.25) is 4.79 Å².